The molecular weight excluding hydrogens is 197 g/mol. The third kappa shape index (κ3) is 2.53. The van der Waals surface area contributed by atoms with E-state index in [-0.39, 0.29) is 24.5 Å². The maximum atomic E-state index is 13.3. The van der Waals surface area contributed by atoms with E-state index in [1.54, 1.807) is 6.92 Å². The van der Waals surface area contributed by atoms with Crippen molar-refractivity contribution in [1.82, 2.24) is 0 Å². The smallest absolute Gasteiger partial charge is 0.165 e. The average molecular weight is 211 g/mol. The van der Waals surface area contributed by atoms with Crippen molar-refractivity contribution in [2.24, 2.45) is 5.73 Å². The number of hydrogen-bond acceptors (Lipinski definition) is 3. The van der Waals surface area contributed by atoms with Gasteiger partial charge in [0.15, 0.2) is 17.3 Å². The maximum absolute atomic E-state index is 13.3. The Morgan fingerprint density at radius 2 is 2.20 bits per heavy atom. The normalized spacial score (nSPS) is 10.1. The second-order valence-electron chi connectivity index (χ2n) is 3.26. The number of nitrogens with two attached hydrogens (primary N) is 1. The highest BCUT2D eigenvalue weighted by molar-refractivity contribution is 5.97. The van der Waals surface area contributed by atoms with Crippen molar-refractivity contribution >= 4 is 5.78 Å². The molecule has 1 aromatic rings. The first-order chi connectivity index (χ1) is 7.10. The summed E-state index contributed by atoms with van der Waals surface area (Å²) < 4.78 is 18.1. The van der Waals surface area contributed by atoms with Crippen LogP contribution in [0.15, 0.2) is 12.1 Å². The SMILES string of the molecule is COc1cc(C)c(C(=O)CCN)cc1F. The molecule has 1 aromatic carbocycles. The number of ketones is 1. The molecule has 0 spiro atoms. The van der Waals surface area contributed by atoms with Crippen LogP contribution >= 0.6 is 0 Å². The number of carbonyl (C=O) groups excluding carboxylic acids is 1. The third-order valence-electron chi connectivity index (χ3n) is 2.17. The van der Waals surface area contributed by atoms with Gasteiger partial charge in [-0.25, -0.2) is 4.39 Å². The molecule has 2 N–H and O–H groups in total. The summed E-state index contributed by atoms with van der Waals surface area (Å²) in [6.07, 6.45) is 0.229. The molecule has 0 aliphatic heterocycles. The van der Waals surface area contributed by atoms with Crippen LogP contribution in [-0.2, 0) is 0 Å². The quantitative estimate of drug-likeness (QED) is 0.771. The molecule has 0 aliphatic rings. The molecule has 82 valence electrons. The molecule has 0 atom stereocenters. The summed E-state index contributed by atoms with van der Waals surface area (Å²) in [5.41, 5.74) is 6.35. The summed E-state index contributed by atoms with van der Waals surface area (Å²) in [4.78, 5) is 11.5. The Balaban J connectivity index is 3.10. The summed E-state index contributed by atoms with van der Waals surface area (Å²) in [6, 6.07) is 2.71. The lowest BCUT2D eigenvalue weighted by Gasteiger charge is -2.08. The molecule has 0 fully saturated rings. The number of hydrogen-bond donors (Lipinski definition) is 1. The molecule has 0 aliphatic carbocycles. The molecule has 15 heavy (non-hydrogen) atoms. The van der Waals surface area contributed by atoms with Gasteiger partial charge in [0.1, 0.15) is 0 Å². The van der Waals surface area contributed by atoms with Gasteiger partial charge in [0.2, 0.25) is 0 Å². The summed E-state index contributed by atoms with van der Waals surface area (Å²) >= 11 is 0. The number of Topliss-reactive ketones (excluding diaryl/α,β-unsaturated/α-hetero) is 1. The first-order valence-corrected chi connectivity index (χ1v) is 4.67. The molecule has 0 saturated carbocycles. The second-order valence-corrected chi connectivity index (χ2v) is 3.26. The summed E-state index contributed by atoms with van der Waals surface area (Å²) in [7, 11) is 1.39. The minimum absolute atomic E-state index is 0.142. The lowest BCUT2D eigenvalue weighted by Crippen LogP contribution is -2.10. The van der Waals surface area contributed by atoms with Crippen molar-refractivity contribution in [3.05, 3.63) is 29.1 Å². The van der Waals surface area contributed by atoms with Crippen LogP contribution in [0.4, 0.5) is 4.39 Å². The van der Waals surface area contributed by atoms with Crippen molar-refractivity contribution < 1.29 is 13.9 Å². The van der Waals surface area contributed by atoms with Gasteiger partial charge in [-0.3, -0.25) is 4.79 Å². The van der Waals surface area contributed by atoms with E-state index in [1.807, 2.05) is 0 Å². The molecule has 4 heteroatoms. The van der Waals surface area contributed by atoms with Crippen LogP contribution in [0.3, 0.4) is 0 Å². The summed E-state index contributed by atoms with van der Waals surface area (Å²) in [5, 5.41) is 0. The van der Waals surface area contributed by atoms with Gasteiger partial charge in [0, 0.05) is 12.0 Å². The fourth-order valence-electron chi connectivity index (χ4n) is 1.38. The molecule has 0 radical (unpaired) electrons. The first-order valence-electron chi connectivity index (χ1n) is 4.67. The van der Waals surface area contributed by atoms with Gasteiger partial charge in [-0.15, -0.1) is 0 Å². The third-order valence-corrected chi connectivity index (χ3v) is 2.17. The van der Waals surface area contributed by atoms with E-state index in [2.05, 4.69) is 0 Å². The van der Waals surface area contributed by atoms with Crippen LogP contribution in [0, 0.1) is 12.7 Å². The summed E-state index contributed by atoms with van der Waals surface area (Å²) in [6.45, 7) is 2.01. The lowest BCUT2D eigenvalue weighted by molar-refractivity contribution is 0.0984. The van der Waals surface area contributed by atoms with Crippen LogP contribution in [0.5, 0.6) is 5.75 Å². The van der Waals surface area contributed by atoms with Crippen molar-refractivity contribution in [3.63, 3.8) is 0 Å². The fraction of sp³-hybridized carbons (Fsp3) is 0.364. The summed E-state index contributed by atoms with van der Waals surface area (Å²) in [5.74, 6) is -0.517. The number of carbonyl (C=O) groups is 1. The van der Waals surface area contributed by atoms with E-state index in [4.69, 9.17) is 10.5 Å². The number of halogens is 1. The number of benzene rings is 1. The van der Waals surface area contributed by atoms with Gasteiger partial charge in [-0.1, -0.05) is 0 Å². The van der Waals surface area contributed by atoms with E-state index < -0.39 is 5.82 Å². The predicted molar refractivity (Wildman–Crippen MR) is 55.7 cm³/mol. The van der Waals surface area contributed by atoms with Crippen molar-refractivity contribution in [2.45, 2.75) is 13.3 Å². The number of ether oxygens (including phenoxy) is 1. The zero-order chi connectivity index (χ0) is 11.4. The van der Waals surface area contributed by atoms with Gasteiger partial charge in [0.05, 0.1) is 7.11 Å². The fourth-order valence-corrected chi connectivity index (χ4v) is 1.38. The van der Waals surface area contributed by atoms with Gasteiger partial charge < -0.3 is 10.5 Å². The van der Waals surface area contributed by atoms with E-state index in [0.29, 0.717) is 11.1 Å². The Hall–Kier alpha value is -1.42. The van der Waals surface area contributed by atoms with Gasteiger partial charge in [-0.05, 0) is 31.2 Å². The van der Waals surface area contributed by atoms with Crippen LogP contribution in [0.25, 0.3) is 0 Å². The predicted octanol–water partition coefficient (Wildman–Crippen LogP) is 1.67. The van der Waals surface area contributed by atoms with Crippen LogP contribution in [0.2, 0.25) is 0 Å². The minimum atomic E-state index is -0.525. The van der Waals surface area contributed by atoms with Gasteiger partial charge in [0.25, 0.3) is 0 Å². The van der Waals surface area contributed by atoms with E-state index in [9.17, 15) is 9.18 Å². The Morgan fingerprint density at radius 1 is 1.53 bits per heavy atom. The maximum Gasteiger partial charge on any atom is 0.165 e. The van der Waals surface area contributed by atoms with Crippen LogP contribution in [0.1, 0.15) is 22.3 Å². The highest BCUT2D eigenvalue weighted by Crippen LogP contribution is 2.22. The minimum Gasteiger partial charge on any atom is -0.494 e. The van der Waals surface area contributed by atoms with Gasteiger partial charge in [-0.2, -0.15) is 0 Å². The van der Waals surface area contributed by atoms with E-state index in [0.717, 1.165) is 0 Å². The number of aryl methyl sites for hydroxylation is 1. The van der Waals surface area contributed by atoms with Crippen LogP contribution in [-0.4, -0.2) is 19.4 Å². The standard InChI is InChI=1S/C11H14FNO2/c1-7-5-11(15-2)9(12)6-8(7)10(14)3-4-13/h5-6H,3-4,13H2,1-2H3. The molecule has 0 aromatic heterocycles. The van der Waals surface area contributed by atoms with E-state index in [1.165, 1.54) is 19.2 Å². The lowest BCUT2D eigenvalue weighted by atomic mass is 10.0. The first kappa shape index (κ1) is 11.7. The number of rotatable bonds is 4. The van der Waals surface area contributed by atoms with Crippen LogP contribution < -0.4 is 10.5 Å². The highest BCUT2D eigenvalue weighted by Gasteiger charge is 2.12. The van der Waals surface area contributed by atoms with Gasteiger partial charge >= 0.3 is 0 Å². The Kier molecular flexibility index (Phi) is 3.80. The molecule has 0 bridgehead atoms. The number of methoxy groups -OCH3 is 1. The molecule has 3 nitrogen and oxygen atoms in total. The molecule has 1 rings (SSSR count). The molecule has 0 saturated heterocycles. The monoisotopic (exact) mass is 211 g/mol. The largest absolute Gasteiger partial charge is 0.494 e. The van der Waals surface area contributed by atoms with Crippen molar-refractivity contribution in [3.8, 4) is 5.75 Å². The molecule has 0 unspecified atom stereocenters. The van der Waals surface area contributed by atoms with Crippen molar-refractivity contribution in [2.75, 3.05) is 13.7 Å². The topological polar surface area (TPSA) is 52.3 Å². The zero-order valence-corrected chi connectivity index (χ0v) is 8.84. The molecule has 0 amide bonds. The highest BCUT2D eigenvalue weighted by atomic mass is 19.1. The zero-order valence-electron chi connectivity index (χ0n) is 8.84. The average Bonchev–Trinajstić information content (AvgIpc) is 2.21. The van der Waals surface area contributed by atoms with E-state index >= 15 is 0 Å². The Bertz CT molecular complexity index is 377. The second kappa shape index (κ2) is 4.89. The molecular formula is C11H14FNO2. The van der Waals surface area contributed by atoms with Crippen molar-refractivity contribution in [1.29, 1.82) is 0 Å². The Labute approximate surface area is 88.0 Å². The molecule has 0 heterocycles. The Morgan fingerprint density at radius 3 is 2.73 bits per heavy atom.